The summed E-state index contributed by atoms with van der Waals surface area (Å²) in [4.78, 5) is 12.5. The monoisotopic (exact) mass is 428 g/mol. The van der Waals surface area contributed by atoms with E-state index >= 15 is 0 Å². The van der Waals surface area contributed by atoms with Gasteiger partial charge in [0, 0.05) is 16.9 Å². The van der Waals surface area contributed by atoms with E-state index < -0.39 is 0 Å². The van der Waals surface area contributed by atoms with E-state index in [1.165, 1.54) is 17.3 Å². The highest BCUT2D eigenvalue weighted by atomic mass is 32.2. The molecule has 4 rings (SSSR count). The Balaban J connectivity index is 1.56. The second-order valence-electron chi connectivity index (χ2n) is 7.23. The zero-order chi connectivity index (χ0) is 21.6. The van der Waals surface area contributed by atoms with Crippen LogP contribution in [0.3, 0.4) is 0 Å². The van der Waals surface area contributed by atoms with Crippen LogP contribution in [0.5, 0.6) is 0 Å². The van der Waals surface area contributed by atoms with E-state index in [-0.39, 0.29) is 11.7 Å². The van der Waals surface area contributed by atoms with Crippen LogP contribution in [0, 0.1) is 6.92 Å². The quantitative estimate of drug-likeness (QED) is 0.393. The third-order valence-corrected chi connectivity index (χ3v) is 5.83. The average molecular weight is 429 g/mol. The van der Waals surface area contributed by atoms with Gasteiger partial charge in [0.25, 0.3) is 0 Å². The maximum Gasteiger partial charge on any atom is 0.234 e. The molecule has 1 heterocycles. The highest BCUT2D eigenvalue weighted by Gasteiger charge is 2.17. The molecule has 0 saturated carbocycles. The number of carbonyl (C=O) groups is 1. The summed E-state index contributed by atoms with van der Waals surface area (Å²) in [7, 11) is 0. The summed E-state index contributed by atoms with van der Waals surface area (Å²) in [5.41, 5.74) is 5.14. The predicted molar refractivity (Wildman–Crippen MR) is 127 cm³/mol. The number of amides is 1. The van der Waals surface area contributed by atoms with E-state index in [9.17, 15) is 4.79 Å². The van der Waals surface area contributed by atoms with Crippen molar-refractivity contribution in [3.8, 4) is 17.1 Å². The van der Waals surface area contributed by atoms with Crippen molar-refractivity contribution in [2.75, 3.05) is 11.1 Å². The van der Waals surface area contributed by atoms with Gasteiger partial charge in [0.05, 0.1) is 5.75 Å². The summed E-state index contributed by atoms with van der Waals surface area (Å²) in [6, 6.07) is 26.1. The minimum absolute atomic E-state index is 0.0747. The van der Waals surface area contributed by atoms with E-state index in [0.29, 0.717) is 5.16 Å². The molecule has 0 aliphatic heterocycles. The molecule has 0 atom stereocenters. The van der Waals surface area contributed by atoms with Crippen molar-refractivity contribution >= 4 is 23.4 Å². The van der Waals surface area contributed by atoms with Crippen LogP contribution in [0.4, 0.5) is 5.69 Å². The number of anilines is 1. The van der Waals surface area contributed by atoms with Crippen molar-refractivity contribution in [2.24, 2.45) is 0 Å². The smallest absolute Gasteiger partial charge is 0.234 e. The molecular weight excluding hydrogens is 404 g/mol. The molecule has 4 aromatic rings. The highest BCUT2D eigenvalue weighted by molar-refractivity contribution is 7.99. The first-order valence-electron chi connectivity index (χ1n) is 10.2. The molecule has 6 heteroatoms. The zero-order valence-electron chi connectivity index (χ0n) is 17.6. The first-order chi connectivity index (χ1) is 15.1. The second-order valence-corrected chi connectivity index (χ2v) is 8.18. The standard InChI is InChI=1S/C25H24N4OS/c1-3-19-12-14-21(15-13-19)26-23(30)17-31-25-28-27-24(20-9-5-4-6-10-20)29(25)22-11-7-8-18(2)16-22/h4-16H,3,17H2,1-2H3,(H,26,30). The number of hydrogen-bond donors (Lipinski definition) is 1. The van der Waals surface area contributed by atoms with Crippen molar-refractivity contribution in [1.29, 1.82) is 0 Å². The zero-order valence-corrected chi connectivity index (χ0v) is 18.4. The molecule has 1 amide bonds. The third-order valence-electron chi connectivity index (χ3n) is 4.90. The molecule has 1 N–H and O–H groups in total. The molecule has 156 valence electrons. The lowest BCUT2D eigenvalue weighted by Gasteiger charge is -2.11. The van der Waals surface area contributed by atoms with Crippen LogP contribution in [0.2, 0.25) is 0 Å². The Morgan fingerprint density at radius 3 is 2.45 bits per heavy atom. The lowest BCUT2D eigenvalue weighted by atomic mass is 10.1. The SMILES string of the molecule is CCc1ccc(NC(=O)CSc2nnc(-c3ccccc3)n2-c2cccc(C)c2)cc1. The lowest BCUT2D eigenvalue weighted by Crippen LogP contribution is -2.14. The Labute approximate surface area is 186 Å². The summed E-state index contributed by atoms with van der Waals surface area (Å²) < 4.78 is 2.01. The fourth-order valence-electron chi connectivity index (χ4n) is 3.29. The second kappa shape index (κ2) is 9.62. The number of carbonyl (C=O) groups excluding carboxylic acids is 1. The summed E-state index contributed by atoms with van der Waals surface area (Å²) in [6.45, 7) is 4.17. The largest absolute Gasteiger partial charge is 0.325 e. The molecule has 0 aliphatic carbocycles. The van der Waals surface area contributed by atoms with Gasteiger partial charge in [-0.2, -0.15) is 0 Å². The van der Waals surface area contributed by atoms with Crippen LogP contribution in [0.25, 0.3) is 17.1 Å². The highest BCUT2D eigenvalue weighted by Crippen LogP contribution is 2.28. The number of aromatic nitrogens is 3. The third kappa shape index (κ3) is 5.03. The van der Waals surface area contributed by atoms with Crippen LogP contribution in [0.15, 0.2) is 84.0 Å². The van der Waals surface area contributed by atoms with Crippen molar-refractivity contribution in [1.82, 2.24) is 14.8 Å². The summed E-state index contributed by atoms with van der Waals surface area (Å²) in [6.07, 6.45) is 0.975. The molecule has 0 radical (unpaired) electrons. The molecule has 0 unspecified atom stereocenters. The molecule has 0 aliphatic rings. The number of rotatable bonds is 7. The van der Waals surface area contributed by atoms with E-state index in [2.05, 4.69) is 41.5 Å². The van der Waals surface area contributed by atoms with Gasteiger partial charge in [-0.3, -0.25) is 9.36 Å². The maximum atomic E-state index is 12.5. The van der Waals surface area contributed by atoms with Crippen LogP contribution in [-0.4, -0.2) is 26.4 Å². The Morgan fingerprint density at radius 1 is 0.968 bits per heavy atom. The summed E-state index contributed by atoms with van der Waals surface area (Å²) in [5.74, 6) is 0.924. The van der Waals surface area contributed by atoms with Crippen LogP contribution >= 0.6 is 11.8 Å². The van der Waals surface area contributed by atoms with Crippen molar-refractivity contribution in [3.63, 3.8) is 0 Å². The Bertz CT molecular complexity index is 1170. The number of hydrogen-bond acceptors (Lipinski definition) is 4. The van der Waals surface area contributed by atoms with Gasteiger partial charge >= 0.3 is 0 Å². The normalized spacial score (nSPS) is 10.8. The van der Waals surface area contributed by atoms with Crippen molar-refractivity contribution < 1.29 is 4.79 Å². The van der Waals surface area contributed by atoms with Crippen LogP contribution in [0.1, 0.15) is 18.1 Å². The molecule has 0 fully saturated rings. The van der Waals surface area contributed by atoms with Gasteiger partial charge in [-0.15, -0.1) is 10.2 Å². The predicted octanol–water partition coefficient (Wildman–Crippen LogP) is 5.54. The number of thioether (sulfide) groups is 1. The number of nitrogens with one attached hydrogen (secondary N) is 1. The molecule has 3 aromatic carbocycles. The van der Waals surface area contributed by atoms with Crippen molar-refractivity contribution in [3.05, 3.63) is 90.0 Å². The van der Waals surface area contributed by atoms with E-state index in [4.69, 9.17) is 0 Å². The van der Waals surface area contributed by atoms with Crippen LogP contribution in [-0.2, 0) is 11.2 Å². The molecule has 0 saturated heterocycles. The van der Waals surface area contributed by atoms with E-state index in [1.54, 1.807) is 0 Å². The number of benzene rings is 3. The molecular formula is C25H24N4OS. The fraction of sp³-hybridized carbons (Fsp3) is 0.160. The van der Waals surface area contributed by atoms with Crippen LogP contribution < -0.4 is 5.32 Å². The van der Waals surface area contributed by atoms with Gasteiger partial charge in [0.1, 0.15) is 0 Å². The lowest BCUT2D eigenvalue weighted by molar-refractivity contribution is -0.113. The Morgan fingerprint density at radius 2 is 1.74 bits per heavy atom. The number of nitrogens with zero attached hydrogens (tertiary/aromatic N) is 3. The first kappa shape index (κ1) is 20.9. The summed E-state index contributed by atoms with van der Waals surface area (Å²) in [5, 5.41) is 12.5. The minimum atomic E-state index is -0.0747. The summed E-state index contributed by atoms with van der Waals surface area (Å²) >= 11 is 1.38. The minimum Gasteiger partial charge on any atom is -0.325 e. The molecule has 31 heavy (non-hydrogen) atoms. The van der Waals surface area contributed by atoms with Gasteiger partial charge < -0.3 is 5.32 Å². The molecule has 1 aromatic heterocycles. The first-order valence-corrected chi connectivity index (χ1v) is 11.2. The van der Waals surface area contributed by atoms with Gasteiger partial charge in [0.2, 0.25) is 5.91 Å². The Hall–Kier alpha value is -3.38. The number of aryl methyl sites for hydroxylation is 2. The van der Waals surface area contributed by atoms with Crippen molar-refractivity contribution in [2.45, 2.75) is 25.4 Å². The topological polar surface area (TPSA) is 59.8 Å². The molecule has 5 nitrogen and oxygen atoms in total. The van der Waals surface area contributed by atoms with Gasteiger partial charge in [-0.05, 0) is 48.7 Å². The van der Waals surface area contributed by atoms with Gasteiger partial charge in [0.15, 0.2) is 11.0 Å². The van der Waals surface area contributed by atoms with Gasteiger partial charge in [-0.1, -0.05) is 73.3 Å². The van der Waals surface area contributed by atoms with E-state index in [0.717, 1.165) is 34.7 Å². The Kier molecular flexibility index (Phi) is 6.48. The average Bonchev–Trinajstić information content (AvgIpc) is 3.23. The maximum absolute atomic E-state index is 12.5. The van der Waals surface area contributed by atoms with Gasteiger partial charge in [-0.25, -0.2) is 0 Å². The fourth-order valence-corrected chi connectivity index (χ4v) is 4.04. The molecule has 0 spiro atoms. The van der Waals surface area contributed by atoms with E-state index in [1.807, 2.05) is 71.3 Å². The molecule has 0 bridgehead atoms.